The predicted octanol–water partition coefficient (Wildman–Crippen LogP) is 10.2. The van der Waals surface area contributed by atoms with E-state index in [1.54, 1.807) is 0 Å². The molecule has 0 spiro atoms. The van der Waals surface area contributed by atoms with Gasteiger partial charge in [0.15, 0.2) is 0 Å². The van der Waals surface area contributed by atoms with Crippen LogP contribution in [0.5, 0.6) is 5.75 Å². The summed E-state index contributed by atoms with van der Waals surface area (Å²) in [5.41, 5.74) is 4.02. The van der Waals surface area contributed by atoms with E-state index in [2.05, 4.69) is 55.5 Å². The molecule has 0 atom stereocenters. The van der Waals surface area contributed by atoms with Crippen LogP contribution in [0.1, 0.15) is 102 Å². The first kappa shape index (κ1) is 27.2. The molecule has 2 fully saturated rings. The molecule has 0 heterocycles. The summed E-state index contributed by atoms with van der Waals surface area (Å²) in [6.45, 7) is 2.90. The number of alkyl halides is 1. The smallest absolute Gasteiger partial charge is 0.119 e. The Morgan fingerprint density at radius 3 is 1.78 bits per heavy atom. The molecular weight excluding hydrogens is 443 g/mol. The second-order valence-corrected chi connectivity index (χ2v) is 11.7. The molecule has 0 saturated heterocycles. The fourth-order valence-corrected chi connectivity index (χ4v) is 6.78. The number of halogens is 1. The Labute approximate surface area is 220 Å². The highest BCUT2D eigenvalue weighted by Gasteiger charge is 2.30. The largest absolute Gasteiger partial charge is 0.494 e. The number of hydrogen-bond acceptors (Lipinski definition) is 1. The minimum absolute atomic E-state index is 0.128. The fourth-order valence-electron chi connectivity index (χ4n) is 6.78. The van der Waals surface area contributed by atoms with Crippen molar-refractivity contribution in [2.45, 2.75) is 103 Å². The molecule has 2 aliphatic carbocycles. The van der Waals surface area contributed by atoms with Gasteiger partial charge in [-0.15, -0.1) is 0 Å². The lowest BCUT2D eigenvalue weighted by Gasteiger charge is -2.38. The topological polar surface area (TPSA) is 9.23 Å². The molecule has 0 bridgehead atoms. The molecule has 0 radical (unpaired) electrons. The maximum atomic E-state index is 12.5. The van der Waals surface area contributed by atoms with Crippen molar-refractivity contribution in [2.75, 3.05) is 13.3 Å². The van der Waals surface area contributed by atoms with Crippen LogP contribution in [0.25, 0.3) is 11.1 Å². The molecule has 2 saturated carbocycles. The third kappa shape index (κ3) is 8.35. The molecular formula is C34H49FO. The van der Waals surface area contributed by atoms with Gasteiger partial charge in [-0.3, -0.25) is 4.39 Å². The van der Waals surface area contributed by atoms with Crippen molar-refractivity contribution in [1.82, 2.24) is 0 Å². The van der Waals surface area contributed by atoms with Crippen molar-refractivity contribution in [2.24, 2.45) is 23.7 Å². The van der Waals surface area contributed by atoms with E-state index in [0.29, 0.717) is 0 Å². The molecule has 4 rings (SSSR count). The van der Waals surface area contributed by atoms with E-state index in [0.717, 1.165) is 55.3 Å². The summed E-state index contributed by atoms with van der Waals surface area (Å²) in [6.07, 6.45) is 19.3. The van der Waals surface area contributed by atoms with Gasteiger partial charge in [-0.25, -0.2) is 0 Å². The summed E-state index contributed by atoms with van der Waals surface area (Å²) in [6, 6.07) is 17.8. The zero-order chi connectivity index (χ0) is 25.0. The molecule has 0 amide bonds. The van der Waals surface area contributed by atoms with Crippen LogP contribution in [0.3, 0.4) is 0 Å². The Kier molecular flexibility index (Phi) is 11.2. The zero-order valence-corrected chi connectivity index (χ0v) is 22.7. The normalized spacial score (nSPS) is 24.5. The maximum Gasteiger partial charge on any atom is 0.119 e. The van der Waals surface area contributed by atoms with E-state index in [1.165, 1.54) is 93.7 Å². The summed E-state index contributed by atoms with van der Waals surface area (Å²) < 4.78 is 18.3. The van der Waals surface area contributed by atoms with Crippen molar-refractivity contribution in [3.63, 3.8) is 0 Å². The van der Waals surface area contributed by atoms with Gasteiger partial charge >= 0.3 is 0 Å². The number of benzene rings is 2. The third-order valence-corrected chi connectivity index (χ3v) is 9.19. The molecule has 2 aromatic carbocycles. The Balaban J connectivity index is 1.15. The Morgan fingerprint density at radius 2 is 1.22 bits per heavy atom. The first-order chi connectivity index (χ1) is 17.7. The molecule has 0 aliphatic heterocycles. The van der Waals surface area contributed by atoms with Gasteiger partial charge in [-0.05, 0) is 110 Å². The lowest BCUT2D eigenvalue weighted by molar-refractivity contribution is 0.140. The van der Waals surface area contributed by atoms with Crippen molar-refractivity contribution in [3.05, 3.63) is 54.1 Å². The van der Waals surface area contributed by atoms with Gasteiger partial charge in [-0.2, -0.15) is 0 Å². The van der Waals surface area contributed by atoms with Crippen LogP contribution in [0, 0.1) is 23.7 Å². The van der Waals surface area contributed by atoms with Gasteiger partial charge in [0.25, 0.3) is 0 Å². The van der Waals surface area contributed by atoms with Crippen molar-refractivity contribution < 1.29 is 9.13 Å². The minimum Gasteiger partial charge on any atom is -0.494 e. The Hall–Kier alpha value is -1.83. The van der Waals surface area contributed by atoms with Crippen LogP contribution in [-0.2, 0) is 6.42 Å². The molecule has 36 heavy (non-hydrogen) atoms. The minimum atomic E-state index is -0.128. The lowest BCUT2D eigenvalue weighted by atomic mass is 9.68. The Morgan fingerprint density at radius 1 is 0.667 bits per heavy atom. The number of hydrogen-bond donors (Lipinski definition) is 0. The van der Waals surface area contributed by atoms with Crippen LogP contribution < -0.4 is 4.74 Å². The van der Waals surface area contributed by atoms with E-state index in [9.17, 15) is 4.39 Å². The van der Waals surface area contributed by atoms with Gasteiger partial charge in [-0.1, -0.05) is 81.8 Å². The highest BCUT2D eigenvalue weighted by Crippen LogP contribution is 2.43. The number of rotatable bonds is 13. The van der Waals surface area contributed by atoms with E-state index < -0.39 is 0 Å². The van der Waals surface area contributed by atoms with Gasteiger partial charge in [0.2, 0.25) is 0 Å². The first-order valence-electron chi connectivity index (χ1n) is 15.1. The quantitative estimate of drug-likeness (QED) is 0.253. The second kappa shape index (κ2) is 14.8. The molecule has 1 nitrogen and oxygen atoms in total. The maximum absolute atomic E-state index is 12.5. The van der Waals surface area contributed by atoms with Gasteiger partial charge in [0.05, 0.1) is 13.3 Å². The summed E-state index contributed by atoms with van der Waals surface area (Å²) >= 11 is 0. The highest BCUT2D eigenvalue weighted by atomic mass is 19.1. The molecule has 198 valence electrons. The summed E-state index contributed by atoms with van der Waals surface area (Å²) in [7, 11) is 0. The lowest BCUT2D eigenvalue weighted by Crippen LogP contribution is -2.26. The number of unbranched alkanes of at least 4 members (excludes halogenated alkanes) is 2. The van der Waals surface area contributed by atoms with E-state index in [-0.39, 0.29) is 6.67 Å². The average molecular weight is 493 g/mol. The number of aryl methyl sites for hydroxylation is 1. The molecule has 2 aromatic rings. The molecule has 2 aliphatic rings. The molecule has 0 N–H and O–H groups in total. The van der Waals surface area contributed by atoms with Gasteiger partial charge in [0.1, 0.15) is 5.75 Å². The van der Waals surface area contributed by atoms with Crippen molar-refractivity contribution in [3.8, 4) is 16.9 Å². The fraction of sp³-hybridized carbons (Fsp3) is 0.647. The SMILES string of the molecule is CCCCCOc1ccc(-c2ccc(CC[C@H]3CC[C@H]([C@H]4CC[C@H](CCCF)CC4)CC3)cc2)cc1. The summed E-state index contributed by atoms with van der Waals surface area (Å²) in [5.74, 6) is 4.63. The highest BCUT2D eigenvalue weighted by molar-refractivity contribution is 5.64. The van der Waals surface area contributed by atoms with Crippen molar-refractivity contribution >= 4 is 0 Å². The monoisotopic (exact) mass is 492 g/mol. The first-order valence-corrected chi connectivity index (χ1v) is 15.1. The standard InChI is InChI=1S/C34H49FO/c1-2-3-4-26-36-34-23-21-33(22-24-34)32-19-13-29(14-20-32)8-7-28-11-17-31(18-12-28)30-15-9-27(10-16-30)6-5-25-35/h13-14,19-24,27-28,30-31H,2-12,15-18,25-26H2,1H3/t27-,28-,30-,31-. The van der Waals surface area contributed by atoms with Crippen LogP contribution in [0.15, 0.2) is 48.5 Å². The third-order valence-electron chi connectivity index (χ3n) is 9.19. The summed E-state index contributed by atoms with van der Waals surface area (Å²) in [5, 5.41) is 0. The average Bonchev–Trinajstić information content (AvgIpc) is 2.94. The van der Waals surface area contributed by atoms with Crippen molar-refractivity contribution in [1.29, 1.82) is 0 Å². The van der Waals surface area contributed by atoms with Crippen LogP contribution >= 0.6 is 0 Å². The van der Waals surface area contributed by atoms with Crippen LogP contribution in [0.2, 0.25) is 0 Å². The van der Waals surface area contributed by atoms with Crippen LogP contribution in [-0.4, -0.2) is 13.3 Å². The molecule has 0 unspecified atom stereocenters. The van der Waals surface area contributed by atoms with Gasteiger partial charge < -0.3 is 4.74 Å². The molecule has 0 aromatic heterocycles. The second-order valence-electron chi connectivity index (χ2n) is 11.7. The molecule has 2 heteroatoms. The van der Waals surface area contributed by atoms with E-state index in [4.69, 9.17) is 4.74 Å². The predicted molar refractivity (Wildman–Crippen MR) is 151 cm³/mol. The van der Waals surface area contributed by atoms with Gasteiger partial charge in [0, 0.05) is 0 Å². The van der Waals surface area contributed by atoms with E-state index >= 15 is 0 Å². The van der Waals surface area contributed by atoms with E-state index in [1.807, 2.05) is 0 Å². The number of ether oxygens (including phenoxy) is 1. The zero-order valence-electron chi connectivity index (χ0n) is 22.7. The Bertz CT molecular complexity index is 842. The van der Waals surface area contributed by atoms with Crippen LogP contribution in [0.4, 0.5) is 4.39 Å². The summed E-state index contributed by atoms with van der Waals surface area (Å²) in [4.78, 5) is 0.